The summed E-state index contributed by atoms with van der Waals surface area (Å²) in [6, 6.07) is 7.21. The minimum Gasteiger partial charge on any atom is -0.364 e. The molecule has 16 heavy (non-hydrogen) atoms. The van der Waals surface area contributed by atoms with E-state index in [-0.39, 0.29) is 5.69 Å². The maximum atomic E-state index is 11.7. The zero-order valence-corrected chi connectivity index (χ0v) is 8.60. The van der Waals surface area contributed by atoms with E-state index in [2.05, 4.69) is 10.3 Å². The molecular weight excluding hydrogens is 208 g/mol. The van der Waals surface area contributed by atoms with Gasteiger partial charge in [-0.25, -0.2) is 9.90 Å². The van der Waals surface area contributed by atoms with Crippen molar-refractivity contribution in [2.45, 2.75) is 6.92 Å². The highest BCUT2D eigenvalue weighted by Crippen LogP contribution is 2.05. The van der Waals surface area contributed by atoms with E-state index in [0.29, 0.717) is 5.69 Å². The van der Waals surface area contributed by atoms with E-state index < -0.39 is 11.5 Å². The van der Waals surface area contributed by atoms with E-state index in [0.717, 1.165) is 5.56 Å². The molecule has 0 unspecified atom stereocenters. The van der Waals surface area contributed by atoms with Gasteiger partial charge in [-0.15, -0.1) is 5.10 Å². The molecule has 6 nitrogen and oxygen atoms in total. The lowest BCUT2D eigenvalue weighted by Gasteiger charge is -1.99. The first kappa shape index (κ1) is 10.2. The largest absolute Gasteiger partial charge is 0.364 e. The highest BCUT2D eigenvalue weighted by Gasteiger charge is 2.13. The molecule has 0 aliphatic carbocycles. The molecule has 1 aromatic carbocycles. The lowest BCUT2D eigenvalue weighted by atomic mass is 10.2. The summed E-state index contributed by atoms with van der Waals surface area (Å²) in [6.45, 7) is 1.94. The van der Waals surface area contributed by atoms with Crippen molar-refractivity contribution in [2.24, 2.45) is 5.73 Å². The zero-order chi connectivity index (χ0) is 11.7. The number of benzene rings is 1. The molecule has 0 spiro atoms. The summed E-state index contributed by atoms with van der Waals surface area (Å²) in [5, 5.41) is 6.01. The van der Waals surface area contributed by atoms with Crippen molar-refractivity contribution in [3.8, 4) is 5.69 Å². The Morgan fingerprint density at radius 1 is 1.38 bits per heavy atom. The fraction of sp³-hybridized carbons (Fsp3) is 0.100. The lowest BCUT2D eigenvalue weighted by Crippen LogP contribution is -2.24. The first-order valence-corrected chi connectivity index (χ1v) is 4.64. The third-order valence-corrected chi connectivity index (χ3v) is 2.19. The molecular formula is C10H10N4O2. The molecule has 1 aromatic heterocycles. The van der Waals surface area contributed by atoms with Crippen LogP contribution in [0.3, 0.4) is 0 Å². The number of aryl methyl sites for hydroxylation is 1. The maximum Gasteiger partial charge on any atom is 0.304 e. The van der Waals surface area contributed by atoms with Gasteiger partial charge in [0.1, 0.15) is 0 Å². The van der Waals surface area contributed by atoms with Crippen LogP contribution in [-0.4, -0.2) is 20.9 Å². The minimum absolute atomic E-state index is 0.291. The Morgan fingerprint density at radius 3 is 2.50 bits per heavy atom. The van der Waals surface area contributed by atoms with Gasteiger partial charge >= 0.3 is 5.56 Å². The number of carbonyl (C=O) groups excluding carboxylic acids is 1. The second kappa shape index (κ2) is 3.65. The highest BCUT2D eigenvalue weighted by molar-refractivity contribution is 5.90. The number of hydrogen-bond acceptors (Lipinski definition) is 3. The molecule has 6 heteroatoms. The van der Waals surface area contributed by atoms with Crippen LogP contribution < -0.4 is 11.3 Å². The standard InChI is InChI=1S/C10H10N4O2/c1-6-2-4-7(5-3-6)14-10(16)8(9(11)15)12-13-14/h2-5,13H,1H3,(H2,11,15). The number of nitrogens with zero attached hydrogens (tertiary/aromatic N) is 2. The van der Waals surface area contributed by atoms with Crippen molar-refractivity contribution in [3.63, 3.8) is 0 Å². The van der Waals surface area contributed by atoms with Crippen LogP contribution in [-0.2, 0) is 0 Å². The minimum atomic E-state index is -0.841. The SMILES string of the molecule is Cc1ccc(-n2[nH]nc(C(N)=O)c2=O)cc1. The fourth-order valence-electron chi connectivity index (χ4n) is 1.33. The summed E-state index contributed by atoms with van der Waals surface area (Å²) in [5.74, 6) is -0.841. The van der Waals surface area contributed by atoms with Crippen LogP contribution in [0, 0.1) is 6.92 Å². The Bertz CT molecular complexity index is 580. The first-order chi connectivity index (χ1) is 7.59. The maximum absolute atomic E-state index is 11.7. The predicted octanol–water partition coefficient (Wildman–Crippen LogP) is -0.0321. The van der Waals surface area contributed by atoms with E-state index in [4.69, 9.17) is 5.73 Å². The van der Waals surface area contributed by atoms with Gasteiger partial charge in [0.2, 0.25) is 5.69 Å². The normalized spacial score (nSPS) is 10.3. The van der Waals surface area contributed by atoms with E-state index in [1.165, 1.54) is 4.68 Å². The quantitative estimate of drug-likeness (QED) is 0.741. The summed E-state index contributed by atoms with van der Waals surface area (Å²) in [6.07, 6.45) is 0. The Labute approximate surface area is 90.7 Å². The van der Waals surface area contributed by atoms with Crippen molar-refractivity contribution in [3.05, 3.63) is 45.9 Å². The number of rotatable bonds is 2. The summed E-state index contributed by atoms with van der Waals surface area (Å²) in [7, 11) is 0. The zero-order valence-electron chi connectivity index (χ0n) is 8.60. The smallest absolute Gasteiger partial charge is 0.304 e. The van der Waals surface area contributed by atoms with Crippen molar-refractivity contribution in [1.29, 1.82) is 0 Å². The van der Waals surface area contributed by atoms with Crippen molar-refractivity contribution in [1.82, 2.24) is 15.0 Å². The van der Waals surface area contributed by atoms with Crippen LogP contribution in [0.25, 0.3) is 5.69 Å². The molecule has 3 N–H and O–H groups in total. The lowest BCUT2D eigenvalue weighted by molar-refractivity contribution is 0.0994. The van der Waals surface area contributed by atoms with E-state index in [1.807, 2.05) is 19.1 Å². The van der Waals surface area contributed by atoms with Crippen LogP contribution >= 0.6 is 0 Å². The van der Waals surface area contributed by atoms with Crippen LogP contribution in [0.1, 0.15) is 16.1 Å². The van der Waals surface area contributed by atoms with Gasteiger partial charge in [-0.2, -0.15) is 0 Å². The average molecular weight is 218 g/mol. The van der Waals surface area contributed by atoms with E-state index in [1.54, 1.807) is 12.1 Å². The van der Waals surface area contributed by atoms with Crippen LogP contribution in [0.5, 0.6) is 0 Å². The van der Waals surface area contributed by atoms with Crippen LogP contribution in [0.2, 0.25) is 0 Å². The van der Waals surface area contributed by atoms with Crippen molar-refractivity contribution >= 4 is 5.91 Å². The Hall–Kier alpha value is -2.37. The molecule has 0 aliphatic heterocycles. The number of carbonyl (C=O) groups is 1. The number of H-pyrrole nitrogens is 1. The number of hydrogen-bond donors (Lipinski definition) is 2. The fourth-order valence-corrected chi connectivity index (χ4v) is 1.33. The molecule has 0 fully saturated rings. The number of aromatic nitrogens is 3. The topological polar surface area (TPSA) is 93.8 Å². The third kappa shape index (κ3) is 1.60. The highest BCUT2D eigenvalue weighted by atomic mass is 16.2. The second-order valence-electron chi connectivity index (χ2n) is 3.40. The van der Waals surface area contributed by atoms with Crippen molar-refractivity contribution in [2.75, 3.05) is 0 Å². The molecule has 2 rings (SSSR count). The van der Waals surface area contributed by atoms with E-state index >= 15 is 0 Å². The molecule has 0 radical (unpaired) electrons. The Kier molecular flexibility index (Phi) is 2.32. The summed E-state index contributed by atoms with van der Waals surface area (Å²) in [4.78, 5) is 22.5. The van der Waals surface area contributed by atoms with Gasteiger partial charge in [-0.3, -0.25) is 9.59 Å². The van der Waals surface area contributed by atoms with Crippen molar-refractivity contribution < 1.29 is 4.79 Å². The first-order valence-electron chi connectivity index (χ1n) is 4.64. The van der Waals surface area contributed by atoms with Crippen LogP contribution in [0.15, 0.2) is 29.1 Å². The predicted molar refractivity (Wildman–Crippen MR) is 57.4 cm³/mol. The molecule has 0 saturated carbocycles. The molecule has 1 heterocycles. The molecule has 1 amide bonds. The van der Waals surface area contributed by atoms with Gasteiger partial charge in [-0.05, 0) is 19.1 Å². The molecule has 0 saturated heterocycles. The number of aromatic amines is 1. The molecule has 82 valence electrons. The molecule has 0 bridgehead atoms. The molecule has 2 aromatic rings. The Balaban J connectivity index is 2.53. The number of nitrogens with one attached hydrogen (secondary N) is 1. The number of nitrogens with two attached hydrogens (primary N) is 1. The Morgan fingerprint density at radius 2 is 2.00 bits per heavy atom. The van der Waals surface area contributed by atoms with Gasteiger partial charge in [0.15, 0.2) is 0 Å². The summed E-state index contributed by atoms with van der Waals surface area (Å²) < 4.78 is 1.17. The van der Waals surface area contributed by atoms with Gasteiger partial charge in [0.25, 0.3) is 5.91 Å². The van der Waals surface area contributed by atoms with Crippen LogP contribution in [0.4, 0.5) is 0 Å². The second-order valence-corrected chi connectivity index (χ2v) is 3.40. The summed E-state index contributed by atoms with van der Waals surface area (Å²) >= 11 is 0. The third-order valence-electron chi connectivity index (χ3n) is 2.19. The number of amides is 1. The molecule has 0 atom stereocenters. The molecule has 0 aliphatic rings. The summed E-state index contributed by atoms with van der Waals surface area (Å²) in [5.41, 5.74) is 5.84. The van der Waals surface area contributed by atoms with Gasteiger partial charge in [-0.1, -0.05) is 17.7 Å². The van der Waals surface area contributed by atoms with Gasteiger partial charge in [0, 0.05) is 0 Å². The van der Waals surface area contributed by atoms with Gasteiger partial charge < -0.3 is 5.73 Å². The van der Waals surface area contributed by atoms with Gasteiger partial charge in [0.05, 0.1) is 5.69 Å². The average Bonchev–Trinajstić information content (AvgIpc) is 2.61. The number of primary amides is 1. The monoisotopic (exact) mass is 218 g/mol. The van der Waals surface area contributed by atoms with E-state index in [9.17, 15) is 9.59 Å².